The highest BCUT2D eigenvalue weighted by molar-refractivity contribution is 6.24. The Balaban J connectivity index is 1.21. The van der Waals surface area contributed by atoms with Crippen molar-refractivity contribution in [2.24, 2.45) is 0 Å². The van der Waals surface area contributed by atoms with E-state index in [9.17, 15) is 0 Å². The molecule has 0 atom stereocenters. The van der Waals surface area contributed by atoms with Crippen molar-refractivity contribution in [2.45, 2.75) is 0 Å². The molecule has 0 radical (unpaired) electrons. The summed E-state index contributed by atoms with van der Waals surface area (Å²) in [5, 5.41) is 7.45. The van der Waals surface area contributed by atoms with E-state index in [0.29, 0.717) is 0 Å². The molecule has 2 nitrogen and oxygen atoms in total. The lowest BCUT2D eigenvalue weighted by molar-refractivity contribution is 0.669. The first kappa shape index (κ1) is 22.1. The van der Waals surface area contributed by atoms with Gasteiger partial charge in [0.2, 0.25) is 0 Å². The maximum absolute atomic E-state index is 6.30. The Hall–Kier alpha value is -5.60. The minimum Gasteiger partial charge on any atom is -0.456 e. The summed E-state index contributed by atoms with van der Waals surface area (Å²) in [4.78, 5) is 0. The zero-order valence-electron chi connectivity index (χ0n) is 22.6. The lowest BCUT2D eigenvalue weighted by Gasteiger charge is -2.12. The average Bonchev–Trinajstić information content (AvgIpc) is 3.70. The molecule has 0 bridgehead atoms. The molecule has 2 heteroatoms. The maximum Gasteiger partial charge on any atom is 0.137 e. The highest BCUT2D eigenvalue weighted by Gasteiger charge is 2.23. The quantitative estimate of drug-likeness (QED) is 0.216. The van der Waals surface area contributed by atoms with E-state index in [1.165, 1.54) is 66.0 Å². The molecule has 10 rings (SSSR count). The van der Waals surface area contributed by atoms with Crippen molar-refractivity contribution < 1.29 is 4.42 Å². The van der Waals surface area contributed by atoms with Crippen molar-refractivity contribution in [1.82, 2.24) is 4.57 Å². The van der Waals surface area contributed by atoms with Crippen LogP contribution < -0.4 is 0 Å². The predicted molar refractivity (Wildman–Crippen MR) is 175 cm³/mol. The number of nitrogens with zero attached hydrogens (tertiary/aromatic N) is 1. The van der Waals surface area contributed by atoms with Gasteiger partial charge in [0.05, 0.1) is 16.4 Å². The van der Waals surface area contributed by atoms with Crippen LogP contribution in [0, 0.1) is 0 Å². The van der Waals surface area contributed by atoms with Crippen molar-refractivity contribution in [1.29, 1.82) is 0 Å². The molecule has 0 unspecified atom stereocenters. The number of rotatable bonds is 2. The van der Waals surface area contributed by atoms with Gasteiger partial charge < -0.3 is 8.98 Å². The Morgan fingerprint density at radius 1 is 0.381 bits per heavy atom. The summed E-state index contributed by atoms with van der Waals surface area (Å²) in [7, 11) is 0. The molecule has 0 aliphatic heterocycles. The van der Waals surface area contributed by atoms with E-state index in [-0.39, 0.29) is 0 Å². The summed E-state index contributed by atoms with van der Waals surface area (Å²) in [5.74, 6) is 0. The van der Waals surface area contributed by atoms with Crippen LogP contribution in [-0.4, -0.2) is 4.57 Å². The van der Waals surface area contributed by atoms with Gasteiger partial charge >= 0.3 is 0 Å². The number of aromatic nitrogens is 1. The zero-order valence-corrected chi connectivity index (χ0v) is 22.6. The van der Waals surface area contributed by atoms with Crippen LogP contribution in [0.2, 0.25) is 0 Å². The van der Waals surface area contributed by atoms with Crippen LogP contribution in [-0.2, 0) is 0 Å². The second-order valence-electron chi connectivity index (χ2n) is 11.3. The molecule has 0 spiro atoms. The van der Waals surface area contributed by atoms with Crippen molar-refractivity contribution >= 4 is 54.5 Å². The van der Waals surface area contributed by atoms with Crippen LogP contribution in [0.15, 0.2) is 144 Å². The van der Waals surface area contributed by atoms with Gasteiger partial charge in [0.25, 0.3) is 0 Å². The number of hydrogen-bond acceptors (Lipinski definition) is 1. The summed E-state index contributed by atoms with van der Waals surface area (Å²) in [6, 6.07) is 50.5. The predicted octanol–water partition coefficient (Wildman–Crippen LogP) is 11.2. The van der Waals surface area contributed by atoms with Gasteiger partial charge in [0, 0.05) is 21.8 Å². The van der Waals surface area contributed by atoms with Gasteiger partial charge in [-0.15, -0.1) is 0 Å². The Bertz CT molecular complexity index is 2530. The third-order valence-corrected chi connectivity index (χ3v) is 9.16. The molecule has 0 fully saturated rings. The topological polar surface area (TPSA) is 18.1 Å². The van der Waals surface area contributed by atoms with E-state index in [0.717, 1.165) is 27.6 Å². The fraction of sp³-hybridized carbons (Fsp3) is 0. The number of fused-ring (bicyclic) bond motifs is 10. The summed E-state index contributed by atoms with van der Waals surface area (Å²) < 4.78 is 8.71. The monoisotopic (exact) mass is 533 g/mol. The molecular formula is C40H23NO. The van der Waals surface area contributed by atoms with Gasteiger partial charge in [0.15, 0.2) is 0 Å². The molecule has 0 saturated carbocycles. The molecule has 194 valence electrons. The van der Waals surface area contributed by atoms with Gasteiger partial charge in [-0.1, -0.05) is 103 Å². The third kappa shape index (κ3) is 2.78. The first-order chi connectivity index (χ1) is 20.8. The minimum atomic E-state index is 0.915. The maximum atomic E-state index is 6.30. The Kier molecular flexibility index (Phi) is 4.21. The number of hydrogen-bond donors (Lipinski definition) is 0. The fourth-order valence-electron chi connectivity index (χ4n) is 7.38. The van der Waals surface area contributed by atoms with Crippen LogP contribution in [0.4, 0.5) is 0 Å². The molecule has 1 aliphatic rings. The Morgan fingerprint density at radius 2 is 1.05 bits per heavy atom. The molecule has 0 N–H and O–H groups in total. The van der Waals surface area contributed by atoms with Crippen LogP contribution >= 0.6 is 0 Å². The normalized spacial score (nSPS) is 12.3. The van der Waals surface area contributed by atoms with Gasteiger partial charge in [-0.25, -0.2) is 0 Å². The van der Waals surface area contributed by atoms with E-state index in [2.05, 4.69) is 138 Å². The van der Waals surface area contributed by atoms with Crippen molar-refractivity contribution in [3.8, 4) is 39.1 Å². The van der Waals surface area contributed by atoms with Crippen molar-refractivity contribution in [3.63, 3.8) is 0 Å². The van der Waals surface area contributed by atoms with Crippen LogP contribution in [0.1, 0.15) is 0 Å². The summed E-state index contributed by atoms with van der Waals surface area (Å²) in [5.41, 5.74) is 13.2. The Labute approximate surface area is 241 Å². The first-order valence-corrected chi connectivity index (χ1v) is 14.4. The van der Waals surface area contributed by atoms with Crippen LogP contribution in [0.3, 0.4) is 0 Å². The summed E-state index contributed by atoms with van der Waals surface area (Å²) >= 11 is 0. The average molecular weight is 534 g/mol. The standard InChI is InChI=1S/C40H23NO/c1-2-9-28-27(8-1)31-13-7-12-30-26(20-21-32(28)38(30)31)24-16-18-25(19-17-24)41-35-14-5-3-10-29(35)33-22-23-37-39(40(33)41)34-11-4-6-15-36(34)42-37/h1-23H. The number of benzene rings is 7. The lowest BCUT2D eigenvalue weighted by Crippen LogP contribution is -1.94. The summed E-state index contributed by atoms with van der Waals surface area (Å²) in [6.45, 7) is 0. The Morgan fingerprint density at radius 3 is 1.90 bits per heavy atom. The highest BCUT2D eigenvalue weighted by Crippen LogP contribution is 2.49. The lowest BCUT2D eigenvalue weighted by atomic mass is 9.94. The smallest absolute Gasteiger partial charge is 0.137 e. The number of para-hydroxylation sites is 2. The summed E-state index contributed by atoms with van der Waals surface area (Å²) in [6.07, 6.45) is 0. The van der Waals surface area contributed by atoms with Crippen molar-refractivity contribution in [3.05, 3.63) is 140 Å². The zero-order chi connectivity index (χ0) is 27.4. The van der Waals surface area contributed by atoms with Gasteiger partial charge in [-0.2, -0.15) is 0 Å². The SMILES string of the molecule is c1ccc2c(c1)-c1cccc3c(-c4ccc(-n5c6ccccc6c6ccc7oc8ccccc8c7c65)cc4)ccc-2c13. The molecule has 1 aliphatic carbocycles. The first-order valence-electron chi connectivity index (χ1n) is 14.4. The molecular weight excluding hydrogens is 510 g/mol. The number of furan rings is 1. The van der Waals surface area contributed by atoms with E-state index >= 15 is 0 Å². The van der Waals surface area contributed by atoms with E-state index in [1.54, 1.807) is 0 Å². The highest BCUT2D eigenvalue weighted by atomic mass is 16.3. The molecule has 2 aromatic heterocycles. The molecule has 0 amide bonds. The van der Waals surface area contributed by atoms with Crippen molar-refractivity contribution in [2.75, 3.05) is 0 Å². The molecule has 42 heavy (non-hydrogen) atoms. The van der Waals surface area contributed by atoms with Gasteiger partial charge in [0.1, 0.15) is 11.2 Å². The molecule has 0 saturated heterocycles. The largest absolute Gasteiger partial charge is 0.456 e. The molecule has 7 aromatic carbocycles. The fourth-order valence-corrected chi connectivity index (χ4v) is 7.38. The van der Waals surface area contributed by atoms with Crippen LogP contribution in [0.25, 0.3) is 93.6 Å². The minimum absolute atomic E-state index is 0.915. The van der Waals surface area contributed by atoms with Gasteiger partial charge in [-0.3, -0.25) is 0 Å². The van der Waals surface area contributed by atoms with E-state index in [1.807, 2.05) is 6.07 Å². The second kappa shape index (κ2) is 7.99. The molecule has 9 aromatic rings. The van der Waals surface area contributed by atoms with E-state index in [4.69, 9.17) is 4.42 Å². The van der Waals surface area contributed by atoms with Crippen LogP contribution in [0.5, 0.6) is 0 Å². The second-order valence-corrected chi connectivity index (χ2v) is 11.3. The van der Waals surface area contributed by atoms with E-state index < -0.39 is 0 Å². The van der Waals surface area contributed by atoms with Gasteiger partial charge in [-0.05, 0) is 80.6 Å². The molecule has 2 heterocycles. The third-order valence-electron chi connectivity index (χ3n) is 9.16.